The predicted octanol–water partition coefficient (Wildman–Crippen LogP) is 3.02. The van der Waals surface area contributed by atoms with Gasteiger partial charge in [-0.25, -0.2) is 14.5 Å². The van der Waals surface area contributed by atoms with Crippen molar-refractivity contribution < 1.29 is 19.2 Å². The van der Waals surface area contributed by atoms with Crippen molar-refractivity contribution in [2.75, 3.05) is 12.3 Å². The van der Waals surface area contributed by atoms with Crippen molar-refractivity contribution in [2.45, 2.75) is 45.8 Å². The van der Waals surface area contributed by atoms with Gasteiger partial charge in [-0.3, -0.25) is 0 Å². The van der Waals surface area contributed by atoms with Crippen LogP contribution in [0.15, 0.2) is 18.2 Å². The predicted molar refractivity (Wildman–Crippen MR) is 75.3 cm³/mol. The Labute approximate surface area is 119 Å². The highest BCUT2D eigenvalue weighted by molar-refractivity contribution is 5.90. The number of nitrogens with zero attached hydrogens (tertiary/aromatic N) is 1. The van der Waals surface area contributed by atoms with Crippen LogP contribution in [0.25, 0.3) is 0 Å². The molecule has 2 rings (SSSR count). The molecule has 0 spiro atoms. The molecule has 110 valence electrons. The molecule has 1 saturated heterocycles. The van der Waals surface area contributed by atoms with E-state index in [1.807, 2.05) is 40.7 Å². The van der Waals surface area contributed by atoms with Crippen LogP contribution in [0.1, 0.15) is 43.6 Å². The van der Waals surface area contributed by atoms with Gasteiger partial charge in [-0.2, -0.15) is 0 Å². The molecular formula is C15H21NO4. The van der Waals surface area contributed by atoms with E-state index >= 15 is 0 Å². The number of rotatable bonds is 2. The average molecular weight is 279 g/mol. The molecule has 0 bridgehead atoms. The Hall–Kier alpha value is -1.59. The number of anilines is 1. The molecule has 0 atom stereocenters. The maximum Gasteiger partial charge on any atom is 0.337 e. The van der Waals surface area contributed by atoms with Crippen LogP contribution in [0.3, 0.4) is 0 Å². The topological polar surface area (TPSA) is 48.0 Å². The van der Waals surface area contributed by atoms with Gasteiger partial charge in [0.05, 0.1) is 18.4 Å². The highest BCUT2D eigenvalue weighted by Gasteiger charge is 2.50. The number of hydrogen-bond donors (Lipinski definition) is 0. The van der Waals surface area contributed by atoms with E-state index in [-0.39, 0.29) is 5.97 Å². The summed E-state index contributed by atoms with van der Waals surface area (Å²) in [5, 5.41) is 1.39. The van der Waals surface area contributed by atoms with Crippen molar-refractivity contribution >= 4 is 11.7 Å². The Morgan fingerprint density at radius 2 is 1.70 bits per heavy atom. The molecule has 20 heavy (non-hydrogen) atoms. The number of carbonyl (C=O) groups excluding carboxylic acids is 1. The van der Waals surface area contributed by atoms with Crippen LogP contribution >= 0.6 is 0 Å². The lowest BCUT2D eigenvalue weighted by Crippen LogP contribution is -2.41. The van der Waals surface area contributed by atoms with Gasteiger partial charge in [0.25, 0.3) is 0 Å². The Kier molecular flexibility index (Phi) is 3.52. The van der Waals surface area contributed by atoms with E-state index in [4.69, 9.17) is 14.4 Å². The number of benzene rings is 1. The molecule has 1 fully saturated rings. The smallest absolute Gasteiger partial charge is 0.337 e. The summed E-state index contributed by atoms with van der Waals surface area (Å²) in [4.78, 5) is 23.3. The van der Waals surface area contributed by atoms with Crippen molar-refractivity contribution in [3.8, 4) is 0 Å². The number of esters is 1. The minimum atomic E-state index is -0.472. The quantitative estimate of drug-likeness (QED) is 0.779. The van der Waals surface area contributed by atoms with Crippen LogP contribution in [-0.2, 0) is 14.4 Å². The first-order chi connectivity index (χ1) is 9.18. The summed E-state index contributed by atoms with van der Waals surface area (Å²) in [7, 11) is 1.36. The summed E-state index contributed by atoms with van der Waals surface area (Å²) < 4.78 is 4.74. The van der Waals surface area contributed by atoms with Crippen LogP contribution in [-0.4, -0.2) is 24.3 Å². The second-order valence-electron chi connectivity index (χ2n) is 5.95. The summed E-state index contributed by atoms with van der Waals surface area (Å²) in [6.45, 7) is 9.79. The number of carbonyl (C=O) groups is 1. The van der Waals surface area contributed by atoms with Crippen LogP contribution in [0, 0.1) is 6.92 Å². The van der Waals surface area contributed by atoms with Crippen molar-refractivity contribution in [1.82, 2.24) is 0 Å². The van der Waals surface area contributed by atoms with Crippen molar-refractivity contribution in [3.05, 3.63) is 29.3 Å². The fourth-order valence-corrected chi connectivity index (χ4v) is 1.80. The van der Waals surface area contributed by atoms with Gasteiger partial charge in [0.1, 0.15) is 11.2 Å². The van der Waals surface area contributed by atoms with E-state index in [1.165, 1.54) is 12.3 Å². The Balaban J connectivity index is 2.37. The molecule has 5 heteroatoms. The van der Waals surface area contributed by atoms with Gasteiger partial charge >= 0.3 is 5.97 Å². The average Bonchev–Trinajstić information content (AvgIpc) is 2.58. The summed E-state index contributed by atoms with van der Waals surface area (Å²) in [6, 6.07) is 5.27. The second-order valence-corrected chi connectivity index (χ2v) is 5.95. The highest BCUT2D eigenvalue weighted by Crippen LogP contribution is 2.40. The fourth-order valence-electron chi connectivity index (χ4n) is 1.80. The van der Waals surface area contributed by atoms with E-state index in [2.05, 4.69) is 0 Å². The third kappa shape index (κ3) is 2.39. The molecule has 0 radical (unpaired) electrons. The van der Waals surface area contributed by atoms with Gasteiger partial charge in [0.2, 0.25) is 0 Å². The molecule has 0 aromatic heterocycles. The third-order valence-electron chi connectivity index (χ3n) is 3.90. The molecule has 1 heterocycles. The lowest BCUT2D eigenvalue weighted by Gasteiger charge is -2.26. The molecule has 0 aliphatic carbocycles. The minimum absolute atomic E-state index is 0.385. The van der Waals surface area contributed by atoms with Crippen LogP contribution in [0.5, 0.6) is 0 Å². The molecular weight excluding hydrogens is 258 g/mol. The van der Waals surface area contributed by atoms with Gasteiger partial charge in [0, 0.05) is 0 Å². The molecule has 1 aromatic rings. The molecule has 0 N–H and O–H groups in total. The summed E-state index contributed by atoms with van der Waals surface area (Å²) >= 11 is 0. The monoisotopic (exact) mass is 279 g/mol. The fraction of sp³-hybridized carbons (Fsp3) is 0.533. The molecule has 0 amide bonds. The first-order valence-corrected chi connectivity index (χ1v) is 6.55. The molecule has 0 unspecified atom stereocenters. The minimum Gasteiger partial charge on any atom is -0.465 e. The van der Waals surface area contributed by atoms with Gasteiger partial charge in [-0.15, -0.1) is 5.23 Å². The normalized spacial score (nSPS) is 20.0. The lowest BCUT2D eigenvalue weighted by molar-refractivity contribution is -0.0275. The van der Waals surface area contributed by atoms with E-state index < -0.39 is 11.2 Å². The van der Waals surface area contributed by atoms with Crippen LogP contribution in [0.4, 0.5) is 5.69 Å². The molecule has 1 aromatic carbocycles. The van der Waals surface area contributed by atoms with E-state index in [1.54, 1.807) is 12.1 Å². The number of methoxy groups -OCH3 is 1. The van der Waals surface area contributed by atoms with Crippen LogP contribution in [0.2, 0.25) is 0 Å². The largest absolute Gasteiger partial charge is 0.465 e. The van der Waals surface area contributed by atoms with E-state index in [0.717, 1.165) is 5.56 Å². The first kappa shape index (κ1) is 14.8. The van der Waals surface area contributed by atoms with Gasteiger partial charge < -0.3 is 4.74 Å². The van der Waals surface area contributed by atoms with Crippen molar-refractivity contribution in [1.29, 1.82) is 0 Å². The van der Waals surface area contributed by atoms with Gasteiger partial charge in [-0.05, 0) is 52.3 Å². The molecule has 1 aliphatic rings. The molecule has 0 saturated carbocycles. The Bertz CT molecular complexity index is 521. The second kappa shape index (κ2) is 4.75. The van der Waals surface area contributed by atoms with Crippen molar-refractivity contribution in [3.63, 3.8) is 0 Å². The van der Waals surface area contributed by atoms with E-state index in [0.29, 0.717) is 11.3 Å². The molecule has 5 nitrogen and oxygen atoms in total. The lowest BCUT2D eigenvalue weighted by atomic mass is 9.90. The van der Waals surface area contributed by atoms with Crippen molar-refractivity contribution in [2.24, 2.45) is 0 Å². The summed E-state index contributed by atoms with van der Waals surface area (Å²) in [5.41, 5.74) is 1.17. The first-order valence-electron chi connectivity index (χ1n) is 6.55. The van der Waals surface area contributed by atoms with E-state index in [9.17, 15) is 4.79 Å². The summed E-state index contributed by atoms with van der Waals surface area (Å²) in [5.74, 6) is -0.385. The maximum atomic E-state index is 11.6. The maximum absolute atomic E-state index is 11.6. The van der Waals surface area contributed by atoms with Crippen LogP contribution < -0.4 is 5.23 Å². The number of aryl methyl sites for hydroxylation is 1. The Morgan fingerprint density at radius 1 is 1.15 bits per heavy atom. The third-order valence-corrected chi connectivity index (χ3v) is 3.90. The zero-order valence-electron chi connectivity index (χ0n) is 12.8. The Morgan fingerprint density at radius 3 is 2.20 bits per heavy atom. The highest BCUT2D eigenvalue weighted by atomic mass is 17.0. The zero-order chi connectivity index (χ0) is 15.1. The number of ether oxygens (including phenoxy) is 1. The SMILES string of the molecule is COC(=O)c1ccc(C)c(N2OC(C)(C)C(C)(C)O2)c1. The molecule has 1 aliphatic heterocycles. The standard InChI is InChI=1S/C15H21NO4/c1-10-7-8-11(13(17)18-6)9-12(10)16-19-14(2,3)15(4,5)20-16/h7-9H,1-6H3. The number of hydrogen-bond acceptors (Lipinski definition) is 5. The van der Waals surface area contributed by atoms with Gasteiger partial charge in [-0.1, -0.05) is 6.07 Å². The zero-order valence-corrected chi connectivity index (χ0v) is 12.8. The van der Waals surface area contributed by atoms with Gasteiger partial charge in [0.15, 0.2) is 0 Å². The summed E-state index contributed by atoms with van der Waals surface area (Å²) in [6.07, 6.45) is 0.